The zero-order chi connectivity index (χ0) is 23.8. The van der Waals surface area contributed by atoms with Gasteiger partial charge in [0.2, 0.25) is 0 Å². The number of aliphatic hydroxyl groups excluding tert-OH is 1. The van der Waals surface area contributed by atoms with Crippen molar-refractivity contribution >= 4 is 63.4 Å². The van der Waals surface area contributed by atoms with Crippen molar-refractivity contribution in [3.05, 3.63) is 99.8 Å². The third-order valence-corrected chi connectivity index (χ3v) is 6.41. The first-order chi connectivity index (χ1) is 16.5. The van der Waals surface area contributed by atoms with Gasteiger partial charge in [-0.15, -0.1) is 0 Å². The van der Waals surface area contributed by atoms with Gasteiger partial charge in [0.05, 0.1) is 21.4 Å². The third kappa shape index (κ3) is 4.60. The Labute approximate surface area is 221 Å². The van der Waals surface area contributed by atoms with Gasteiger partial charge in [-0.25, -0.2) is 9.47 Å². The van der Waals surface area contributed by atoms with Gasteiger partial charge >= 0.3 is 0 Å². The Hall–Kier alpha value is -3.10. The highest BCUT2D eigenvalue weighted by Crippen LogP contribution is 2.38. The number of aliphatic imine (C=N–C) groups is 1. The Morgan fingerprint density at radius 2 is 1.63 bits per heavy atom. The molecule has 3 aromatic carbocycles. The molecule has 176 valence electrons. The summed E-state index contributed by atoms with van der Waals surface area (Å²) in [4.78, 5) is 32.4. The molecular weight excluding hydrogens is 553 g/mol. The number of hydrogen-bond donors (Lipinski definition) is 1. The highest BCUT2D eigenvalue weighted by atomic mass is 79.9. The number of amides is 2. The number of rotatable bonds is 5. The molecular formula is C26H18BrCl2N3O3. The second-order valence-corrected chi connectivity index (χ2v) is 8.57. The third-order valence-electron chi connectivity index (χ3n) is 5.67. The first-order valence-electron chi connectivity index (χ1n) is 10.5. The Bertz CT molecular complexity index is 1470. The summed E-state index contributed by atoms with van der Waals surface area (Å²) in [5, 5.41) is 10.9. The molecule has 0 saturated heterocycles. The van der Waals surface area contributed by atoms with E-state index in [1.165, 1.54) is 6.07 Å². The molecule has 0 fully saturated rings. The molecule has 5 rings (SSSR count). The van der Waals surface area contributed by atoms with Gasteiger partial charge in [0.25, 0.3) is 11.8 Å². The Kier molecular flexibility index (Phi) is 7.33. The van der Waals surface area contributed by atoms with Crippen LogP contribution in [0.4, 0.5) is 11.4 Å². The van der Waals surface area contributed by atoms with Crippen LogP contribution in [0.15, 0.2) is 78.0 Å². The molecule has 1 N–H and O–H groups in total. The van der Waals surface area contributed by atoms with Crippen LogP contribution in [0.25, 0.3) is 10.8 Å². The van der Waals surface area contributed by atoms with Crippen molar-refractivity contribution in [2.75, 3.05) is 11.5 Å². The van der Waals surface area contributed by atoms with Crippen LogP contribution < -0.4 is 26.4 Å². The quantitative estimate of drug-likeness (QED) is 0.227. The molecule has 0 radical (unpaired) electrons. The van der Waals surface area contributed by atoms with E-state index in [4.69, 9.17) is 28.3 Å². The number of carbonyl (C=O) groups excluding carboxylic acids is 2. The molecule has 2 amide bonds. The van der Waals surface area contributed by atoms with Gasteiger partial charge in [-0.05, 0) is 36.4 Å². The molecule has 2 heterocycles. The van der Waals surface area contributed by atoms with E-state index >= 15 is 0 Å². The molecule has 0 atom stereocenters. The Morgan fingerprint density at radius 1 is 0.914 bits per heavy atom. The van der Waals surface area contributed by atoms with Crippen molar-refractivity contribution in [1.29, 1.82) is 0 Å². The normalized spacial score (nSPS) is 12.9. The summed E-state index contributed by atoms with van der Waals surface area (Å²) in [7, 11) is 0. The average molecular weight is 571 g/mol. The van der Waals surface area contributed by atoms with Crippen LogP contribution in [0.5, 0.6) is 0 Å². The van der Waals surface area contributed by atoms with Gasteiger partial charge < -0.3 is 22.1 Å². The predicted octanol–water partition coefficient (Wildman–Crippen LogP) is 1.98. The zero-order valence-corrected chi connectivity index (χ0v) is 21.3. The van der Waals surface area contributed by atoms with E-state index in [-0.39, 0.29) is 28.6 Å². The van der Waals surface area contributed by atoms with Gasteiger partial charge in [-0.2, -0.15) is 0 Å². The summed E-state index contributed by atoms with van der Waals surface area (Å²) < 4.78 is 1.87. The maximum Gasteiger partial charge on any atom is 0.265 e. The van der Waals surface area contributed by atoms with Crippen molar-refractivity contribution in [2.24, 2.45) is 4.99 Å². The molecule has 0 spiro atoms. The first kappa shape index (κ1) is 25.0. The minimum atomic E-state index is -0.431. The van der Waals surface area contributed by atoms with E-state index in [0.717, 1.165) is 10.5 Å². The molecule has 6 nitrogen and oxygen atoms in total. The summed E-state index contributed by atoms with van der Waals surface area (Å²) in [5.74, 6) is -0.863. The smallest absolute Gasteiger partial charge is 0.265 e. The number of aromatic nitrogens is 1. The van der Waals surface area contributed by atoms with E-state index in [1.54, 1.807) is 42.6 Å². The second-order valence-electron chi connectivity index (χ2n) is 7.76. The van der Waals surface area contributed by atoms with Crippen LogP contribution in [-0.2, 0) is 6.54 Å². The van der Waals surface area contributed by atoms with Crippen LogP contribution in [0, 0.1) is 0 Å². The van der Waals surface area contributed by atoms with Gasteiger partial charge in [0.1, 0.15) is 6.61 Å². The van der Waals surface area contributed by atoms with Crippen LogP contribution in [0.1, 0.15) is 26.3 Å². The maximum absolute atomic E-state index is 13.4. The topological polar surface area (TPSA) is 73.9 Å². The number of carbonyl (C=O) groups is 2. The van der Waals surface area contributed by atoms with E-state index in [9.17, 15) is 9.59 Å². The van der Waals surface area contributed by atoms with Gasteiger partial charge in [0, 0.05) is 45.8 Å². The van der Waals surface area contributed by atoms with Crippen LogP contribution in [0.2, 0.25) is 10.0 Å². The minimum Gasteiger partial charge on any atom is -1.00 e. The number of nitrogens with zero attached hydrogens (tertiary/aromatic N) is 3. The summed E-state index contributed by atoms with van der Waals surface area (Å²) in [5.41, 5.74) is 2.72. The number of pyridine rings is 1. The van der Waals surface area contributed by atoms with E-state index in [0.29, 0.717) is 44.8 Å². The minimum absolute atomic E-state index is 0. The fraction of sp³-hybridized carbons (Fsp3) is 0.0769. The number of aliphatic hydroxyl groups is 1. The fourth-order valence-corrected chi connectivity index (χ4v) is 4.31. The van der Waals surface area contributed by atoms with Gasteiger partial charge in [-0.1, -0.05) is 35.3 Å². The van der Waals surface area contributed by atoms with Crippen molar-refractivity contribution in [2.45, 2.75) is 6.54 Å². The standard InChI is InChI=1S/C26H18Cl2N3O3.BrH/c27-21-6-4-17(14-22(21)28)31-25(33)19-3-1-2-18-23(7-5-20(24(18)19)26(31)34)29-15-16-8-10-30(11-9-16)12-13-32;/h1-11,14-15,32H,12-13H2;1H/q+1;/p-1/b29-15+;. The monoisotopic (exact) mass is 569 g/mol. The van der Waals surface area contributed by atoms with E-state index < -0.39 is 11.8 Å². The Morgan fingerprint density at radius 3 is 2.31 bits per heavy atom. The van der Waals surface area contributed by atoms with Crippen molar-refractivity contribution in [3.63, 3.8) is 0 Å². The fourth-order valence-electron chi connectivity index (χ4n) is 4.02. The molecule has 0 unspecified atom stereocenters. The van der Waals surface area contributed by atoms with Crippen LogP contribution in [0.3, 0.4) is 0 Å². The summed E-state index contributed by atoms with van der Waals surface area (Å²) in [6, 6.07) is 17.3. The highest BCUT2D eigenvalue weighted by molar-refractivity contribution is 6.43. The molecule has 35 heavy (non-hydrogen) atoms. The summed E-state index contributed by atoms with van der Waals surface area (Å²) in [6.45, 7) is 0.590. The molecule has 0 bridgehead atoms. The largest absolute Gasteiger partial charge is 1.00 e. The van der Waals surface area contributed by atoms with Crippen molar-refractivity contribution < 1.29 is 36.2 Å². The Balaban J connectivity index is 0.00000289. The predicted molar refractivity (Wildman–Crippen MR) is 133 cm³/mol. The van der Waals surface area contributed by atoms with Crippen molar-refractivity contribution in [1.82, 2.24) is 0 Å². The van der Waals surface area contributed by atoms with Crippen LogP contribution >= 0.6 is 23.2 Å². The lowest BCUT2D eigenvalue weighted by Gasteiger charge is -2.27. The first-order valence-corrected chi connectivity index (χ1v) is 11.3. The molecule has 1 aliphatic rings. The number of hydrogen-bond acceptors (Lipinski definition) is 4. The molecule has 0 saturated carbocycles. The van der Waals surface area contributed by atoms with Gasteiger partial charge in [-0.3, -0.25) is 14.6 Å². The SMILES string of the molecule is O=C1c2cccc3c(/N=C/c4cc[n+](CCO)cc4)ccc(c23)C(=O)N1c1ccc(Cl)c(Cl)c1.[Br-]. The zero-order valence-electron chi connectivity index (χ0n) is 18.2. The average Bonchev–Trinajstić information content (AvgIpc) is 2.84. The second kappa shape index (κ2) is 10.3. The van der Waals surface area contributed by atoms with Crippen molar-refractivity contribution in [3.8, 4) is 0 Å². The number of halogens is 3. The number of benzene rings is 3. The molecule has 1 aliphatic heterocycles. The molecule has 0 aliphatic carbocycles. The maximum atomic E-state index is 13.4. The summed E-state index contributed by atoms with van der Waals surface area (Å²) >= 11 is 12.1. The summed E-state index contributed by atoms with van der Waals surface area (Å²) in [6.07, 6.45) is 5.45. The highest BCUT2D eigenvalue weighted by Gasteiger charge is 2.34. The lowest BCUT2D eigenvalue weighted by Crippen LogP contribution is -3.00. The molecule has 4 aromatic rings. The molecule has 9 heteroatoms. The van der Waals surface area contributed by atoms with Crippen LogP contribution in [-0.4, -0.2) is 29.7 Å². The van der Waals surface area contributed by atoms with Gasteiger partial charge in [0.15, 0.2) is 18.9 Å². The lowest BCUT2D eigenvalue weighted by atomic mass is 9.92. The molecule has 1 aromatic heterocycles. The van der Waals surface area contributed by atoms with E-state index in [2.05, 4.69) is 4.99 Å². The number of anilines is 1. The number of imide groups is 1. The van der Waals surface area contributed by atoms with E-state index in [1.807, 2.05) is 35.2 Å². The lowest BCUT2D eigenvalue weighted by molar-refractivity contribution is -0.698.